The van der Waals surface area contributed by atoms with Crippen molar-refractivity contribution in [3.63, 3.8) is 0 Å². The lowest BCUT2D eigenvalue weighted by atomic mass is 9.83. The zero-order valence-electron chi connectivity index (χ0n) is 10.4. The Kier molecular flexibility index (Phi) is 5.62. The molecule has 0 spiro atoms. The third-order valence-corrected chi connectivity index (χ3v) is 4.03. The molecule has 1 fully saturated rings. The molecule has 1 rings (SSSR count). The van der Waals surface area contributed by atoms with Crippen LogP contribution in [-0.4, -0.2) is 24.3 Å². The minimum Gasteiger partial charge on any atom is -0.396 e. The van der Waals surface area contributed by atoms with E-state index in [1.54, 1.807) is 0 Å². The van der Waals surface area contributed by atoms with Crippen LogP contribution in [-0.2, 0) is 0 Å². The third-order valence-electron chi connectivity index (χ3n) is 4.03. The molecule has 0 amide bonds. The summed E-state index contributed by atoms with van der Waals surface area (Å²) in [5, 5.41) is 12.4. The van der Waals surface area contributed by atoms with Gasteiger partial charge in [-0.25, -0.2) is 0 Å². The fraction of sp³-hybridized carbons (Fsp3) is 1.00. The van der Waals surface area contributed by atoms with E-state index in [1.165, 1.54) is 38.6 Å². The summed E-state index contributed by atoms with van der Waals surface area (Å²) < 4.78 is 0. The van der Waals surface area contributed by atoms with Gasteiger partial charge in [-0.1, -0.05) is 19.8 Å². The van der Waals surface area contributed by atoms with Crippen LogP contribution in [0.15, 0.2) is 0 Å². The first-order chi connectivity index (χ1) is 7.22. The molecule has 0 aromatic carbocycles. The molecule has 90 valence electrons. The van der Waals surface area contributed by atoms with Crippen molar-refractivity contribution < 1.29 is 5.11 Å². The monoisotopic (exact) mass is 213 g/mol. The molecule has 15 heavy (non-hydrogen) atoms. The number of nitrogens with one attached hydrogen (secondary N) is 1. The average Bonchev–Trinajstić information content (AvgIpc) is 2.73. The largest absolute Gasteiger partial charge is 0.396 e. The zero-order chi connectivity index (χ0) is 11.1. The maximum Gasteiger partial charge on any atom is 0.0431 e. The van der Waals surface area contributed by atoms with Crippen LogP contribution in [0.5, 0.6) is 0 Å². The first-order valence-electron chi connectivity index (χ1n) is 6.57. The summed E-state index contributed by atoms with van der Waals surface area (Å²) in [6.07, 6.45) is 8.98. The highest BCUT2D eigenvalue weighted by Gasteiger charge is 2.31. The summed E-state index contributed by atoms with van der Waals surface area (Å²) in [5.41, 5.74) is 0.591. The van der Waals surface area contributed by atoms with Gasteiger partial charge in [0.1, 0.15) is 0 Å². The van der Waals surface area contributed by atoms with Crippen molar-refractivity contribution in [2.24, 2.45) is 5.41 Å². The maximum absolute atomic E-state index is 8.76. The Hall–Kier alpha value is -0.0800. The molecule has 0 aromatic rings. The van der Waals surface area contributed by atoms with E-state index in [-0.39, 0.29) is 0 Å². The standard InChI is InChI=1S/C13H27NO/c1-3-13(8-4-5-9-13)11-14-12(2)7-6-10-15/h12,14-15H,3-11H2,1-2H3. The van der Waals surface area contributed by atoms with E-state index in [1.807, 2.05) is 0 Å². The van der Waals surface area contributed by atoms with Gasteiger partial charge in [-0.15, -0.1) is 0 Å². The minimum absolute atomic E-state index is 0.324. The minimum atomic E-state index is 0.324. The second-order valence-electron chi connectivity index (χ2n) is 5.21. The summed E-state index contributed by atoms with van der Waals surface area (Å²) in [6.45, 7) is 6.06. The molecule has 0 radical (unpaired) electrons. The highest BCUT2D eigenvalue weighted by molar-refractivity contribution is 4.86. The molecule has 1 aliphatic carbocycles. The van der Waals surface area contributed by atoms with E-state index in [0.29, 0.717) is 18.1 Å². The summed E-state index contributed by atoms with van der Waals surface area (Å²) in [5.74, 6) is 0. The molecule has 0 saturated heterocycles. The third kappa shape index (κ3) is 4.12. The summed E-state index contributed by atoms with van der Waals surface area (Å²) >= 11 is 0. The molecule has 1 saturated carbocycles. The van der Waals surface area contributed by atoms with Gasteiger partial charge in [-0.2, -0.15) is 0 Å². The van der Waals surface area contributed by atoms with Gasteiger partial charge in [-0.3, -0.25) is 0 Å². The molecule has 1 atom stereocenters. The van der Waals surface area contributed by atoms with E-state index >= 15 is 0 Å². The van der Waals surface area contributed by atoms with Crippen molar-refractivity contribution in [2.45, 2.75) is 64.8 Å². The van der Waals surface area contributed by atoms with E-state index < -0.39 is 0 Å². The van der Waals surface area contributed by atoms with Crippen molar-refractivity contribution in [3.8, 4) is 0 Å². The molecule has 1 unspecified atom stereocenters. The Morgan fingerprint density at radius 1 is 1.33 bits per heavy atom. The predicted octanol–water partition coefficient (Wildman–Crippen LogP) is 2.71. The highest BCUT2D eigenvalue weighted by Crippen LogP contribution is 2.40. The van der Waals surface area contributed by atoms with E-state index in [4.69, 9.17) is 5.11 Å². The van der Waals surface area contributed by atoms with Crippen LogP contribution in [0.3, 0.4) is 0 Å². The molecule has 2 nitrogen and oxygen atoms in total. The van der Waals surface area contributed by atoms with Crippen LogP contribution >= 0.6 is 0 Å². The number of aliphatic hydroxyl groups excluding tert-OH is 1. The fourth-order valence-corrected chi connectivity index (χ4v) is 2.67. The van der Waals surface area contributed by atoms with E-state index in [0.717, 1.165) is 12.8 Å². The predicted molar refractivity (Wildman–Crippen MR) is 65.0 cm³/mol. The van der Waals surface area contributed by atoms with Crippen molar-refractivity contribution >= 4 is 0 Å². The normalized spacial score (nSPS) is 21.8. The molecule has 2 heteroatoms. The lowest BCUT2D eigenvalue weighted by Crippen LogP contribution is -2.37. The summed E-state index contributed by atoms with van der Waals surface area (Å²) in [4.78, 5) is 0. The van der Waals surface area contributed by atoms with Gasteiger partial charge in [0.05, 0.1) is 0 Å². The van der Waals surface area contributed by atoms with Crippen LogP contribution in [0.2, 0.25) is 0 Å². The smallest absolute Gasteiger partial charge is 0.0431 e. The van der Waals surface area contributed by atoms with Crippen LogP contribution in [0, 0.1) is 5.41 Å². The van der Waals surface area contributed by atoms with Gasteiger partial charge >= 0.3 is 0 Å². The lowest BCUT2D eigenvalue weighted by molar-refractivity contribution is 0.244. The van der Waals surface area contributed by atoms with Gasteiger partial charge in [0.25, 0.3) is 0 Å². The Morgan fingerprint density at radius 2 is 2.00 bits per heavy atom. The number of aliphatic hydroxyl groups is 1. The topological polar surface area (TPSA) is 32.3 Å². The Labute approximate surface area is 94.5 Å². The zero-order valence-corrected chi connectivity index (χ0v) is 10.4. The van der Waals surface area contributed by atoms with Gasteiger partial charge in [-0.05, 0) is 44.4 Å². The second-order valence-corrected chi connectivity index (χ2v) is 5.21. The molecule has 1 aliphatic rings. The molecule has 0 aromatic heterocycles. The van der Waals surface area contributed by atoms with Crippen LogP contribution < -0.4 is 5.32 Å². The van der Waals surface area contributed by atoms with E-state index in [2.05, 4.69) is 19.2 Å². The highest BCUT2D eigenvalue weighted by atomic mass is 16.2. The lowest BCUT2D eigenvalue weighted by Gasteiger charge is -2.29. The van der Waals surface area contributed by atoms with E-state index in [9.17, 15) is 0 Å². The molecule has 2 N–H and O–H groups in total. The first-order valence-corrected chi connectivity index (χ1v) is 6.57. The summed E-state index contributed by atoms with van der Waals surface area (Å²) in [6, 6.07) is 0.557. The van der Waals surface area contributed by atoms with Gasteiger partial charge in [0.2, 0.25) is 0 Å². The molecule has 0 aliphatic heterocycles. The van der Waals surface area contributed by atoms with Gasteiger partial charge in [0, 0.05) is 19.2 Å². The molecule has 0 heterocycles. The molecular formula is C13H27NO. The van der Waals surface area contributed by atoms with Crippen molar-refractivity contribution in [2.75, 3.05) is 13.2 Å². The van der Waals surface area contributed by atoms with Crippen LogP contribution in [0.4, 0.5) is 0 Å². The number of rotatable bonds is 7. The maximum atomic E-state index is 8.76. The molecular weight excluding hydrogens is 186 g/mol. The van der Waals surface area contributed by atoms with Crippen molar-refractivity contribution in [1.29, 1.82) is 0 Å². The number of hydrogen-bond donors (Lipinski definition) is 2. The Bertz CT molecular complexity index is 164. The quantitative estimate of drug-likeness (QED) is 0.681. The summed E-state index contributed by atoms with van der Waals surface area (Å²) in [7, 11) is 0. The second kappa shape index (κ2) is 6.49. The SMILES string of the molecule is CCC1(CNC(C)CCCO)CCCC1. The van der Waals surface area contributed by atoms with Gasteiger partial charge in [0.15, 0.2) is 0 Å². The average molecular weight is 213 g/mol. The van der Waals surface area contributed by atoms with Crippen LogP contribution in [0.1, 0.15) is 58.8 Å². The first kappa shape index (κ1) is 13.0. The molecule has 0 bridgehead atoms. The Balaban J connectivity index is 2.21. The number of hydrogen-bond acceptors (Lipinski definition) is 2. The fourth-order valence-electron chi connectivity index (χ4n) is 2.67. The van der Waals surface area contributed by atoms with Crippen molar-refractivity contribution in [1.82, 2.24) is 5.32 Å². The Morgan fingerprint density at radius 3 is 2.53 bits per heavy atom. The van der Waals surface area contributed by atoms with Crippen molar-refractivity contribution in [3.05, 3.63) is 0 Å². The van der Waals surface area contributed by atoms with Crippen LogP contribution in [0.25, 0.3) is 0 Å². The van der Waals surface area contributed by atoms with Gasteiger partial charge < -0.3 is 10.4 Å².